The average molecular weight is 272 g/mol. The van der Waals surface area contributed by atoms with Gasteiger partial charge in [0.15, 0.2) is 5.16 Å². The number of anilines is 1. The number of rotatable bonds is 7. The minimum absolute atomic E-state index is 0.829. The molecule has 1 aromatic rings. The summed E-state index contributed by atoms with van der Waals surface area (Å²) in [5, 5.41) is 5.11. The van der Waals surface area contributed by atoms with Crippen LogP contribution >= 0.6 is 23.5 Å². The maximum atomic E-state index is 4.49. The van der Waals surface area contributed by atoms with Crippen LogP contribution in [0.1, 0.15) is 6.92 Å². The highest BCUT2D eigenvalue weighted by atomic mass is 32.2. The smallest absolute Gasteiger partial charge is 0.190 e. The molecule has 1 heterocycles. The number of nitrogens with one attached hydrogen (secondary N) is 1. The van der Waals surface area contributed by atoms with Crippen molar-refractivity contribution in [1.82, 2.24) is 14.9 Å². The van der Waals surface area contributed by atoms with E-state index in [9.17, 15) is 0 Å². The van der Waals surface area contributed by atoms with Gasteiger partial charge in [-0.25, -0.2) is 9.97 Å². The molecular formula is C11H20N4S2. The van der Waals surface area contributed by atoms with Gasteiger partial charge < -0.3 is 10.2 Å². The van der Waals surface area contributed by atoms with Crippen LogP contribution in [0.15, 0.2) is 16.2 Å². The average Bonchev–Trinajstić information content (AvgIpc) is 2.28. The normalized spacial score (nSPS) is 10.9. The summed E-state index contributed by atoms with van der Waals surface area (Å²) in [5.41, 5.74) is 0. The Balaban J connectivity index is 2.66. The van der Waals surface area contributed by atoms with Gasteiger partial charge >= 0.3 is 0 Å². The topological polar surface area (TPSA) is 41.0 Å². The van der Waals surface area contributed by atoms with Crippen molar-refractivity contribution >= 4 is 29.3 Å². The van der Waals surface area contributed by atoms with Gasteiger partial charge in [-0.3, -0.25) is 0 Å². The molecule has 96 valence electrons. The van der Waals surface area contributed by atoms with Crippen LogP contribution in [-0.4, -0.2) is 54.1 Å². The highest BCUT2D eigenvalue weighted by molar-refractivity contribution is 7.99. The largest absolute Gasteiger partial charge is 0.370 e. The summed E-state index contributed by atoms with van der Waals surface area (Å²) in [6.45, 7) is 4.01. The molecule has 0 bridgehead atoms. The minimum Gasteiger partial charge on any atom is -0.370 e. The van der Waals surface area contributed by atoms with Crippen LogP contribution in [0.5, 0.6) is 0 Å². The van der Waals surface area contributed by atoms with Gasteiger partial charge in [-0.05, 0) is 27.3 Å². The van der Waals surface area contributed by atoms with Crippen LogP contribution in [-0.2, 0) is 0 Å². The molecule has 6 heteroatoms. The molecule has 0 saturated carbocycles. The SMILES string of the molecule is CCNc1cc(SCCN(C)C)nc(SC)n1. The van der Waals surface area contributed by atoms with Crippen molar-refractivity contribution in [2.45, 2.75) is 17.1 Å². The Morgan fingerprint density at radius 2 is 2.12 bits per heavy atom. The van der Waals surface area contributed by atoms with Gasteiger partial charge in [0, 0.05) is 24.9 Å². The summed E-state index contributed by atoms with van der Waals surface area (Å²) in [6, 6.07) is 2.02. The van der Waals surface area contributed by atoms with Crippen molar-refractivity contribution in [2.24, 2.45) is 0 Å². The third-order valence-electron chi connectivity index (χ3n) is 2.01. The molecule has 0 radical (unpaired) electrons. The summed E-state index contributed by atoms with van der Waals surface area (Å²) in [7, 11) is 4.16. The standard InChI is InChI=1S/C11H20N4S2/c1-5-12-9-8-10(14-11(13-9)16-4)17-7-6-15(2)3/h8H,5-7H2,1-4H3,(H,12,13,14). The quantitative estimate of drug-likeness (QED) is 0.466. The van der Waals surface area contributed by atoms with Crippen LogP contribution in [0.3, 0.4) is 0 Å². The summed E-state index contributed by atoms with van der Waals surface area (Å²) >= 11 is 3.35. The molecule has 0 spiro atoms. The van der Waals surface area contributed by atoms with E-state index in [2.05, 4.69) is 41.2 Å². The van der Waals surface area contributed by atoms with Crippen molar-refractivity contribution in [3.63, 3.8) is 0 Å². The first-order valence-electron chi connectivity index (χ1n) is 5.60. The lowest BCUT2D eigenvalue weighted by Gasteiger charge is -2.10. The third-order valence-corrected chi connectivity index (χ3v) is 3.45. The zero-order chi connectivity index (χ0) is 12.7. The number of hydrogen-bond donors (Lipinski definition) is 1. The maximum Gasteiger partial charge on any atom is 0.190 e. The van der Waals surface area contributed by atoms with Crippen molar-refractivity contribution in [3.05, 3.63) is 6.07 Å². The van der Waals surface area contributed by atoms with Crippen LogP contribution in [0.2, 0.25) is 0 Å². The fourth-order valence-electron chi connectivity index (χ4n) is 1.17. The van der Waals surface area contributed by atoms with Crippen LogP contribution < -0.4 is 5.32 Å². The fraction of sp³-hybridized carbons (Fsp3) is 0.636. The molecule has 1 rings (SSSR count). The first-order valence-corrected chi connectivity index (χ1v) is 7.81. The summed E-state index contributed by atoms with van der Waals surface area (Å²) < 4.78 is 0. The highest BCUT2D eigenvalue weighted by Crippen LogP contribution is 2.21. The summed E-state index contributed by atoms with van der Waals surface area (Å²) in [5.74, 6) is 1.96. The molecule has 0 aliphatic heterocycles. The molecule has 0 atom stereocenters. The first-order chi connectivity index (χ1) is 8.15. The molecule has 0 amide bonds. The molecule has 0 fully saturated rings. The van der Waals surface area contributed by atoms with Gasteiger partial charge in [-0.2, -0.15) is 0 Å². The molecule has 0 unspecified atom stereocenters. The maximum absolute atomic E-state index is 4.49. The van der Waals surface area contributed by atoms with Gasteiger partial charge in [0.25, 0.3) is 0 Å². The van der Waals surface area contributed by atoms with Gasteiger partial charge in [0.2, 0.25) is 0 Å². The summed E-state index contributed by atoms with van der Waals surface area (Å²) in [4.78, 5) is 11.1. The van der Waals surface area contributed by atoms with Gasteiger partial charge in [0.1, 0.15) is 10.8 Å². The molecule has 17 heavy (non-hydrogen) atoms. The van der Waals surface area contributed by atoms with E-state index in [1.165, 1.54) is 0 Å². The van der Waals surface area contributed by atoms with E-state index < -0.39 is 0 Å². The molecule has 0 aliphatic rings. The Hall–Kier alpha value is -0.460. The highest BCUT2D eigenvalue weighted by Gasteiger charge is 2.04. The molecule has 0 aromatic carbocycles. The Morgan fingerprint density at radius 3 is 2.71 bits per heavy atom. The molecule has 4 nitrogen and oxygen atoms in total. The summed E-state index contributed by atoms with van der Waals surface area (Å²) in [6.07, 6.45) is 2.00. The van der Waals surface area contributed by atoms with Crippen LogP contribution in [0.25, 0.3) is 0 Å². The predicted octanol–water partition coefficient (Wildman–Crippen LogP) is 2.28. The molecule has 1 N–H and O–H groups in total. The fourth-order valence-corrected chi connectivity index (χ4v) is 2.62. The van der Waals surface area contributed by atoms with Crippen molar-refractivity contribution < 1.29 is 0 Å². The second-order valence-electron chi connectivity index (χ2n) is 3.76. The zero-order valence-corrected chi connectivity index (χ0v) is 12.5. The van der Waals surface area contributed by atoms with Crippen molar-refractivity contribution in [2.75, 3.05) is 44.5 Å². The molecule has 0 aliphatic carbocycles. The Kier molecular flexibility index (Phi) is 6.69. The Morgan fingerprint density at radius 1 is 1.35 bits per heavy atom. The second-order valence-corrected chi connectivity index (χ2v) is 5.65. The predicted molar refractivity (Wildman–Crippen MR) is 77.3 cm³/mol. The lowest BCUT2D eigenvalue weighted by atomic mass is 10.5. The molecule has 1 aromatic heterocycles. The van der Waals surface area contributed by atoms with E-state index in [1.807, 2.05) is 12.3 Å². The van der Waals surface area contributed by atoms with Crippen molar-refractivity contribution in [3.8, 4) is 0 Å². The van der Waals surface area contributed by atoms with Crippen molar-refractivity contribution in [1.29, 1.82) is 0 Å². The monoisotopic (exact) mass is 272 g/mol. The lowest BCUT2D eigenvalue weighted by Crippen LogP contribution is -2.14. The van der Waals surface area contributed by atoms with E-state index in [1.54, 1.807) is 23.5 Å². The number of hydrogen-bond acceptors (Lipinski definition) is 6. The van der Waals surface area contributed by atoms with E-state index in [4.69, 9.17) is 0 Å². The number of thioether (sulfide) groups is 2. The lowest BCUT2D eigenvalue weighted by molar-refractivity contribution is 0.437. The van der Waals surface area contributed by atoms with E-state index in [0.717, 1.165) is 34.8 Å². The molecule has 0 saturated heterocycles. The Labute approximate surface area is 112 Å². The van der Waals surface area contributed by atoms with Crippen LogP contribution in [0.4, 0.5) is 5.82 Å². The van der Waals surface area contributed by atoms with E-state index >= 15 is 0 Å². The van der Waals surface area contributed by atoms with Gasteiger partial charge in [-0.1, -0.05) is 11.8 Å². The molecular weight excluding hydrogens is 252 g/mol. The van der Waals surface area contributed by atoms with Gasteiger partial charge in [0.05, 0.1) is 0 Å². The third kappa shape index (κ3) is 5.61. The van der Waals surface area contributed by atoms with E-state index in [-0.39, 0.29) is 0 Å². The first kappa shape index (κ1) is 14.6. The zero-order valence-electron chi connectivity index (χ0n) is 10.9. The Bertz CT molecular complexity index is 344. The van der Waals surface area contributed by atoms with Gasteiger partial charge in [-0.15, -0.1) is 11.8 Å². The van der Waals surface area contributed by atoms with E-state index in [0.29, 0.717) is 0 Å². The minimum atomic E-state index is 0.829. The number of nitrogens with zero attached hydrogens (tertiary/aromatic N) is 3. The van der Waals surface area contributed by atoms with Crippen LogP contribution in [0, 0.1) is 0 Å². The second kappa shape index (κ2) is 7.79. The number of aromatic nitrogens is 2.